The fraction of sp³-hybridized carbons (Fsp3) is 0.917. The van der Waals surface area contributed by atoms with Crippen molar-refractivity contribution in [3.05, 3.63) is 0 Å². The fourth-order valence-electron chi connectivity index (χ4n) is 2.02. The van der Waals surface area contributed by atoms with Crippen molar-refractivity contribution in [2.75, 3.05) is 33.5 Å². The second kappa shape index (κ2) is 7.68. The average Bonchev–Trinajstić information content (AvgIpc) is 2.38. The molecule has 3 N–H and O–H groups in total. The summed E-state index contributed by atoms with van der Waals surface area (Å²) in [6.45, 7) is 3.32. The van der Waals surface area contributed by atoms with Gasteiger partial charge in [-0.2, -0.15) is 0 Å². The average molecular weight is 260 g/mol. The summed E-state index contributed by atoms with van der Waals surface area (Å²) in [5.41, 5.74) is 5.89. The first-order chi connectivity index (χ1) is 8.60. The molecule has 0 saturated carbocycles. The van der Waals surface area contributed by atoms with Gasteiger partial charge < -0.3 is 25.2 Å². The molecule has 3 unspecified atom stereocenters. The molecule has 18 heavy (non-hydrogen) atoms. The zero-order valence-corrected chi connectivity index (χ0v) is 11.2. The Hall–Kier alpha value is -0.690. The van der Waals surface area contributed by atoms with Crippen LogP contribution < -0.4 is 5.73 Å². The van der Waals surface area contributed by atoms with Crippen LogP contribution in [0.3, 0.4) is 0 Å². The molecule has 0 spiro atoms. The minimum atomic E-state index is -0.500. The predicted octanol–water partition coefficient (Wildman–Crippen LogP) is -0.651. The van der Waals surface area contributed by atoms with Gasteiger partial charge in [0.25, 0.3) is 0 Å². The number of carbonyl (C=O) groups is 1. The van der Waals surface area contributed by atoms with E-state index in [2.05, 4.69) is 0 Å². The van der Waals surface area contributed by atoms with Crippen LogP contribution in [-0.4, -0.2) is 67.6 Å². The van der Waals surface area contributed by atoms with Crippen LogP contribution in [0.4, 0.5) is 0 Å². The molecule has 3 atom stereocenters. The molecule has 1 aliphatic heterocycles. The van der Waals surface area contributed by atoms with Crippen LogP contribution in [-0.2, 0) is 14.3 Å². The molecular formula is C12H24N2O4. The molecule has 0 aromatic heterocycles. The third-order valence-corrected chi connectivity index (χ3v) is 3.17. The lowest BCUT2D eigenvalue weighted by Crippen LogP contribution is -2.56. The van der Waals surface area contributed by atoms with Crippen LogP contribution in [0.2, 0.25) is 0 Å². The minimum Gasteiger partial charge on any atom is -0.394 e. The summed E-state index contributed by atoms with van der Waals surface area (Å²) >= 11 is 0. The largest absolute Gasteiger partial charge is 0.394 e. The molecule has 1 aliphatic rings. The van der Waals surface area contributed by atoms with Crippen molar-refractivity contribution >= 4 is 5.91 Å². The number of amides is 1. The number of nitrogens with two attached hydrogens (primary N) is 1. The third-order valence-electron chi connectivity index (χ3n) is 3.17. The lowest BCUT2D eigenvalue weighted by molar-refractivity contribution is -0.147. The zero-order chi connectivity index (χ0) is 13.5. The van der Waals surface area contributed by atoms with Gasteiger partial charge in [0.05, 0.1) is 31.4 Å². The van der Waals surface area contributed by atoms with E-state index in [1.165, 1.54) is 0 Å². The van der Waals surface area contributed by atoms with Gasteiger partial charge in [-0.15, -0.1) is 0 Å². The Morgan fingerprint density at radius 1 is 1.67 bits per heavy atom. The van der Waals surface area contributed by atoms with Gasteiger partial charge in [-0.3, -0.25) is 4.79 Å². The SMILES string of the molecule is COCCCC(N)C(=O)N1CC(CO)OCC1C. The number of hydrogen-bond acceptors (Lipinski definition) is 5. The van der Waals surface area contributed by atoms with Gasteiger partial charge in [0.2, 0.25) is 5.91 Å². The summed E-state index contributed by atoms with van der Waals surface area (Å²) in [4.78, 5) is 13.9. The second-order valence-electron chi connectivity index (χ2n) is 4.72. The van der Waals surface area contributed by atoms with E-state index in [1.807, 2.05) is 6.92 Å². The first kappa shape index (κ1) is 15.4. The maximum absolute atomic E-state index is 12.2. The number of methoxy groups -OCH3 is 1. The van der Waals surface area contributed by atoms with Crippen molar-refractivity contribution in [2.45, 2.75) is 38.0 Å². The summed E-state index contributed by atoms with van der Waals surface area (Å²) in [5.74, 6) is -0.0691. The van der Waals surface area contributed by atoms with E-state index in [1.54, 1.807) is 12.0 Å². The molecule has 1 fully saturated rings. The number of morpholine rings is 1. The van der Waals surface area contributed by atoms with Crippen molar-refractivity contribution in [3.63, 3.8) is 0 Å². The normalized spacial score (nSPS) is 26.1. The minimum absolute atomic E-state index is 0.00813. The van der Waals surface area contributed by atoms with Gasteiger partial charge in [-0.1, -0.05) is 0 Å². The lowest BCUT2D eigenvalue weighted by atomic mass is 10.1. The van der Waals surface area contributed by atoms with Gasteiger partial charge in [0.1, 0.15) is 0 Å². The monoisotopic (exact) mass is 260 g/mol. The molecule has 0 bridgehead atoms. The van der Waals surface area contributed by atoms with E-state index in [9.17, 15) is 4.79 Å². The summed E-state index contributed by atoms with van der Waals surface area (Å²) in [6.07, 6.45) is 1.09. The molecule has 106 valence electrons. The molecular weight excluding hydrogens is 236 g/mol. The summed E-state index contributed by atoms with van der Waals surface area (Å²) in [7, 11) is 1.63. The molecule has 0 aromatic rings. The van der Waals surface area contributed by atoms with Crippen LogP contribution >= 0.6 is 0 Å². The van der Waals surface area contributed by atoms with Gasteiger partial charge in [0.15, 0.2) is 0 Å². The Bertz CT molecular complexity index is 262. The lowest BCUT2D eigenvalue weighted by Gasteiger charge is -2.38. The number of hydrogen-bond donors (Lipinski definition) is 2. The smallest absolute Gasteiger partial charge is 0.239 e. The van der Waals surface area contributed by atoms with E-state index >= 15 is 0 Å². The van der Waals surface area contributed by atoms with E-state index in [0.717, 1.165) is 6.42 Å². The molecule has 1 amide bonds. The van der Waals surface area contributed by atoms with E-state index < -0.39 is 6.04 Å². The maximum atomic E-state index is 12.2. The number of aliphatic hydroxyl groups excluding tert-OH is 1. The van der Waals surface area contributed by atoms with E-state index in [4.69, 9.17) is 20.3 Å². The highest BCUT2D eigenvalue weighted by Crippen LogP contribution is 2.13. The van der Waals surface area contributed by atoms with Crippen molar-refractivity contribution < 1.29 is 19.4 Å². The Morgan fingerprint density at radius 3 is 3.00 bits per heavy atom. The Morgan fingerprint density at radius 2 is 2.39 bits per heavy atom. The van der Waals surface area contributed by atoms with Gasteiger partial charge in [-0.05, 0) is 19.8 Å². The molecule has 0 aliphatic carbocycles. The summed E-state index contributed by atoms with van der Waals surface area (Å²) in [6, 6.07) is -0.492. The van der Waals surface area contributed by atoms with Crippen molar-refractivity contribution in [3.8, 4) is 0 Å². The standard InChI is InChI=1S/C12H24N2O4/c1-9-8-18-10(7-15)6-14(9)12(16)11(13)4-3-5-17-2/h9-11,15H,3-8,13H2,1-2H3. The number of rotatable bonds is 6. The summed E-state index contributed by atoms with van der Waals surface area (Å²) in [5, 5.41) is 9.08. The molecule has 6 heteroatoms. The molecule has 1 rings (SSSR count). The molecule has 1 saturated heterocycles. The van der Waals surface area contributed by atoms with E-state index in [-0.39, 0.29) is 24.7 Å². The van der Waals surface area contributed by atoms with Crippen LogP contribution in [0.5, 0.6) is 0 Å². The fourth-order valence-corrected chi connectivity index (χ4v) is 2.02. The van der Waals surface area contributed by atoms with Crippen LogP contribution in [0, 0.1) is 0 Å². The van der Waals surface area contributed by atoms with Crippen LogP contribution in [0.15, 0.2) is 0 Å². The number of ether oxygens (including phenoxy) is 2. The molecule has 6 nitrogen and oxygen atoms in total. The third kappa shape index (κ3) is 4.20. The summed E-state index contributed by atoms with van der Waals surface area (Å²) < 4.78 is 10.3. The van der Waals surface area contributed by atoms with Crippen LogP contribution in [0.1, 0.15) is 19.8 Å². The quantitative estimate of drug-likeness (QED) is 0.620. The van der Waals surface area contributed by atoms with Crippen molar-refractivity contribution in [2.24, 2.45) is 5.73 Å². The van der Waals surface area contributed by atoms with Gasteiger partial charge >= 0.3 is 0 Å². The number of carbonyl (C=O) groups excluding carboxylic acids is 1. The number of aliphatic hydroxyl groups is 1. The molecule has 0 aromatic carbocycles. The van der Waals surface area contributed by atoms with Gasteiger partial charge in [-0.25, -0.2) is 0 Å². The number of nitrogens with zero attached hydrogens (tertiary/aromatic N) is 1. The Labute approximate surface area is 108 Å². The highest BCUT2D eigenvalue weighted by molar-refractivity contribution is 5.82. The first-order valence-corrected chi connectivity index (χ1v) is 6.37. The maximum Gasteiger partial charge on any atom is 0.239 e. The molecule has 0 radical (unpaired) electrons. The van der Waals surface area contributed by atoms with Crippen molar-refractivity contribution in [1.29, 1.82) is 0 Å². The molecule has 1 heterocycles. The highest BCUT2D eigenvalue weighted by Gasteiger charge is 2.31. The Balaban J connectivity index is 2.47. The van der Waals surface area contributed by atoms with Gasteiger partial charge in [0, 0.05) is 20.3 Å². The first-order valence-electron chi connectivity index (χ1n) is 6.37. The van der Waals surface area contributed by atoms with E-state index in [0.29, 0.717) is 26.2 Å². The highest BCUT2D eigenvalue weighted by atomic mass is 16.5. The van der Waals surface area contributed by atoms with Crippen LogP contribution in [0.25, 0.3) is 0 Å². The second-order valence-corrected chi connectivity index (χ2v) is 4.72. The van der Waals surface area contributed by atoms with Crippen molar-refractivity contribution in [1.82, 2.24) is 4.90 Å². The Kier molecular flexibility index (Phi) is 6.56. The predicted molar refractivity (Wildman–Crippen MR) is 67.1 cm³/mol. The zero-order valence-electron chi connectivity index (χ0n) is 11.2. The topological polar surface area (TPSA) is 85.0 Å².